The number of amides is 1. The lowest BCUT2D eigenvalue weighted by Gasteiger charge is -2.18. The first-order valence-electron chi connectivity index (χ1n) is 7.67. The summed E-state index contributed by atoms with van der Waals surface area (Å²) in [5.74, 6) is 0.418. The van der Waals surface area contributed by atoms with Crippen LogP contribution in [-0.2, 0) is 11.3 Å². The fraction of sp³-hybridized carbons (Fsp3) is 0.412. The van der Waals surface area contributed by atoms with Crippen molar-refractivity contribution < 1.29 is 9.90 Å². The maximum absolute atomic E-state index is 12.3. The van der Waals surface area contributed by atoms with Crippen molar-refractivity contribution in [3.05, 3.63) is 46.8 Å². The molecule has 0 spiro atoms. The molecule has 116 valence electrons. The third-order valence-electron chi connectivity index (χ3n) is 4.18. The number of carbonyl (C=O) groups is 1. The fourth-order valence-corrected chi connectivity index (χ4v) is 2.87. The lowest BCUT2D eigenvalue weighted by atomic mass is 10.1. The van der Waals surface area contributed by atoms with Crippen molar-refractivity contribution in [2.24, 2.45) is 5.92 Å². The molecule has 1 heterocycles. The highest BCUT2D eigenvalue weighted by Crippen LogP contribution is 2.33. The van der Waals surface area contributed by atoms with E-state index in [1.807, 2.05) is 18.2 Å². The molecule has 1 amide bonds. The predicted octanol–water partition coefficient (Wildman–Crippen LogP) is 1.28. The number of benzene rings is 1. The monoisotopic (exact) mass is 300 g/mol. The molecule has 1 aromatic carbocycles. The van der Waals surface area contributed by atoms with Gasteiger partial charge in [0.25, 0.3) is 0 Å². The van der Waals surface area contributed by atoms with Crippen molar-refractivity contribution in [1.29, 1.82) is 0 Å². The van der Waals surface area contributed by atoms with Crippen LogP contribution in [-0.4, -0.2) is 28.2 Å². The second-order valence-corrected chi connectivity index (χ2v) is 5.85. The predicted molar refractivity (Wildman–Crippen MR) is 84.6 cm³/mol. The first-order chi connectivity index (χ1) is 10.7. The summed E-state index contributed by atoms with van der Waals surface area (Å²) >= 11 is 0. The van der Waals surface area contributed by atoms with Crippen LogP contribution in [0.3, 0.4) is 0 Å². The van der Waals surface area contributed by atoms with Crippen molar-refractivity contribution in [2.45, 2.75) is 31.8 Å². The van der Waals surface area contributed by atoms with Gasteiger partial charge in [0.05, 0.1) is 5.52 Å². The summed E-state index contributed by atoms with van der Waals surface area (Å²) < 4.78 is 1.79. The molecule has 1 fully saturated rings. The average Bonchev–Trinajstić information content (AvgIpc) is 3.35. The zero-order chi connectivity index (χ0) is 15.5. The van der Waals surface area contributed by atoms with Crippen molar-refractivity contribution in [2.75, 3.05) is 6.61 Å². The zero-order valence-corrected chi connectivity index (χ0v) is 12.4. The summed E-state index contributed by atoms with van der Waals surface area (Å²) in [4.78, 5) is 24.1. The summed E-state index contributed by atoms with van der Waals surface area (Å²) in [6.45, 7) is 0.262. The summed E-state index contributed by atoms with van der Waals surface area (Å²) in [5.41, 5.74) is 0.721. The van der Waals surface area contributed by atoms with Crippen LogP contribution in [0.15, 0.2) is 41.3 Å². The Morgan fingerprint density at radius 2 is 2.09 bits per heavy atom. The number of hydrogen-bond acceptors (Lipinski definition) is 3. The highest BCUT2D eigenvalue weighted by atomic mass is 16.3. The van der Waals surface area contributed by atoms with E-state index in [9.17, 15) is 9.59 Å². The Bertz CT molecular complexity index is 734. The molecular formula is C17H20N2O3. The van der Waals surface area contributed by atoms with Crippen LogP contribution < -0.4 is 10.7 Å². The molecule has 0 aliphatic heterocycles. The number of pyridine rings is 1. The third-order valence-corrected chi connectivity index (χ3v) is 4.18. The molecule has 5 nitrogen and oxygen atoms in total. The van der Waals surface area contributed by atoms with Gasteiger partial charge in [0.1, 0.15) is 6.54 Å². The van der Waals surface area contributed by atoms with Crippen molar-refractivity contribution >= 4 is 16.8 Å². The Labute approximate surface area is 128 Å². The van der Waals surface area contributed by atoms with Gasteiger partial charge in [-0.3, -0.25) is 9.59 Å². The molecule has 22 heavy (non-hydrogen) atoms. The van der Waals surface area contributed by atoms with E-state index >= 15 is 0 Å². The maximum atomic E-state index is 12.3. The van der Waals surface area contributed by atoms with Crippen molar-refractivity contribution in [3.63, 3.8) is 0 Å². The maximum Gasteiger partial charge on any atom is 0.240 e. The Kier molecular flexibility index (Phi) is 4.24. The largest absolute Gasteiger partial charge is 0.396 e. The number of nitrogens with one attached hydrogen (secondary N) is 1. The molecule has 1 unspecified atom stereocenters. The Morgan fingerprint density at radius 3 is 2.82 bits per heavy atom. The second-order valence-electron chi connectivity index (χ2n) is 5.85. The van der Waals surface area contributed by atoms with E-state index in [1.54, 1.807) is 16.8 Å². The summed E-state index contributed by atoms with van der Waals surface area (Å²) in [6, 6.07) is 8.83. The van der Waals surface area contributed by atoms with Crippen molar-refractivity contribution in [3.8, 4) is 0 Å². The van der Waals surface area contributed by atoms with E-state index < -0.39 is 0 Å². The van der Waals surface area contributed by atoms with Gasteiger partial charge in [0, 0.05) is 30.3 Å². The van der Waals surface area contributed by atoms with Crippen LogP contribution in [0, 0.1) is 5.92 Å². The first-order valence-corrected chi connectivity index (χ1v) is 7.67. The van der Waals surface area contributed by atoms with E-state index in [2.05, 4.69) is 5.32 Å². The van der Waals surface area contributed by atoms with Crippen LogP contribution in [0.2, 0.25) is 0 Å². The van der Waals surface area contributed by atoms with E-state index in [0.717, 1.165) is 18.4 Å². The number of carbonyl (C=O) groups excluding carboxylic acids is 1. The Balaban J connectivity index is 1.76. The lowest BCUT2D eigenvalue weighted by molar-refractivity contribution is -0.122. The number of rotatable bonds is 6. The van der Waals surface area contributed by atoms with Gasteiger partial charge >= 0.3 is 0 Å². The third kappa shape index (κ3) is 3.20. The van der Waals surface area contributed by atoms with Gasteiger partial charge in [-0.05, 0) is 37.3 Å². The highest BCUT2D eigenvalue weighted by Gasteiger charge is 2.31. The molecule has 3 rings (SSSR count). The number of aliphatic hydroxyl groups excluding tert-OH is 1. The summed E-state index contributed by atoms with van der Waals surface area (Å²) in [7, 11) is 0. The minimum absolute atomic E-state index is 0.0385. The number of fused-ring (bicyclic) bond motifs is 1. The van der Waals surface area contributed by atoms with Crippen LogP contribution in [0.5, 0.6) is 0 Å². The van der Waals surface area contributed by atoms with Gasteiger partial charge in [0.2, 0.25) is 5.91 Å². The molecule has 0 radical (unpaired) electrons. The van der Waals surface area contributed by atoms with Gasteiger partial charge in [-0.25, -0.2) is 0 Å². The fourth-order valence-electron chi connectivity index (χ4n) is 2.87. The number of aliphatic hydroxyl groups is 1. The van der Waals surface area contributed by atoms with Crippen LogP contribution in [0.25, 0.3) is 10.9 Å². The first kappa shape index (κ1) is 14.8. The summed E-state index contributed by atoms with van der Waals surface area (Å²) in [6.07, 6.45) is 4.49. The Morgan fingerprint density at radius 1 is 1.32 bits per heavy atom. The molecule has 2 N–H and O–H groups in total. The number of para-hydroxylation sites is 1. The van der Waals surface area contributed by atoms with Crippen LogP contribution in [0.4, 0.5) is 0 Å². The van der Waals surface area contributed by atoms with Gasteiger partial charge < -0.3 is 15.0 Å². The second kappa shape index (κ2) is 6.32. The average molecular weight is 300 g/mol. The number of aromatic nitrogens is 1. The van der Waals surface area contributed by atoms with Gasteiger partial charge in [-0.15, -0.1) is 0 Å². The molecular weight excluding hydrogens is 280 g/mol. The molecule has 0 bridgehead atoms. The van der Waals surface area contributed by atoms with E-state index in [1.165, 1.54) is 6.07 Å². The van der Waals surface area contributed by atoms with Gasteiger partial charge in [-0.2, -0.15) is 0 Å². The standard InChI is InChI=1S/C17H20N2O3/c20-10-8-14(12-5-6-12)18-17(22)11-19-9-7-16(21)13-3-1-2-4-15(13)19/h1-4,7,9,12,14,20H,5-6,8,10-11H2,(H,18,22). The van der Waals surface area contributed by atoms with E-state index in [-0.39, 0.29) is 30.5 Å². The molecule has 0 saturated heterocycles. The minimum atomic E-state index is -0.0841. The van der Waals surface area contributed by atoms with Gasteiger partial charge in [-0.1, -0.05) is 12.1 Å². The SMILES string of the molecule is O=C(Cn1ccc(=O)c2ccccc21)NC(CCO)C1CC1. The smallest absolute Gasteiger partial charge is 0.240 e. The highest BCUT2D eigenvalue weighted by molar-refractivity contribution is 5.82. The molecule has 2 aromatic rings. The van der Waals surface area contributed by atoms with Crippen molar-refractivity contribution in [1.82, 2.24) is 9.88 Å². The molecule has 1 aliphatic carbocycles. The molecule has 1 aliphatic rings. The molecule has 1 atom stereocenters. The minimum Gasteiger partial charge on any atom is -0.396 e. The summed E-state index contributed by atoms with van der Waals surface area (Å²) in [5, 5.41) is 12.7. The lowest BCUT2D eigenvalue weighted by Crippen LogP contribution is -2.39. The molecule has 1 saturated carbocycles. The van der Waals surface area contributed by atoms with E-state index in [0.29, 0.717) is 17.7 Å². The zero-order valence-electron chi connectivity index (χ0n) is 12.4. The number of nitrogens with zero attached hydrogens (tertiary/aromatic N) is 1. The molecule has 5 heteroatoms. The molecule has 1 aromatic heterocycles. The Hall–Kier alpha value is -2.14. The van der Waals surface area contributed by atoms with Crippen LogP contribution >= 0.6 is 0 Å². The topological polar surface area (TPSA) is 71.3 Å². The normalized spacial score (nSPS) is 15.7. The van der Waals surface area contributed by atoms with E-state index in [4.69, 9.17) is 5.11 Å². The van der Waals surface area contributed by atoms with Gasteiger partial charge in [0.15, 0.2) is 5.43 Å². The quantitative estimate of drug-likeness (QED) is 0.844. The number of hydrogen-bond donors (Lipinski definition) is 2. The van der Waals surface area contributed by atoms with Crippen LogP contribution in [0.1, 0.15) is 19.3 Å².